The van der Waals surface area contributed by atoms with Crippen molar-refractivity contribution in [2.45, 2.75) is 25.3 Å². The Balaban J connectivity index is 2.20. The summed E-state index contributed by atoms with van der Waals surface area (Å²) < 4.78 is 1.51. The molecule has 1 fully saturated rings. The fourth-order valence-corrected chi connectivity index (χ4v) is 2.00. The van der Waals surface area contributed by atoms with Gasteiger partial charge in [0, 0.05) is 19.0 Å². The molecule has 0 aromatic carbocycles. The minimum absolute atomic E-state index is 0.000741. The van der Waals surface area contributed by atoms with Crippen LogP contribution >= 0.6 is 0 Å². The van der Waals surface area contributed by atoms with E-state index in [1.807, 2.05) is 0 Å². The van der Waals surface area contributed by atoms with E-state index < -0.39 is 0 Å². The fraction of sp³-hybridized carbons (Fsp3) is 0.667. The number of aromatic nitrogens is 3. The summed E-state index contributed by atoms with van der Waals surface area (Å²) in [4.78, 5) is 15.9. The lowest BCUT2D eigenvalue weighted by atomic mass is 9.98. The number of Topliss-reactive ketones (excluding diaryl/α,β-unsaturated/α-hetero) is 1. The maximum absolute atomic E-state index is 11.9. The maximum Gasteiger partial charge on any atom is 0.204 e. The van der Waals surface area contributed by atoms with Gasteiger partial charge in [-0.25, -0.2) is 9.67 Å². The van der Waals surface area contributed by atoms with E-state index in [4.69, 9.17) is 5.73 Å². The molecule has 14 heavy (non-hydrogen) atoms. The Bertz CT molecular complexity index is 346. The summed E-state index contributed by atoms with van der Waals surface area (Å²) in [6.07, 6.45) is 4.25. The second-order valence-corrected chi connectivity index (χ2v) is 3.77. The van der Waals surface area contributed by atoms with Crippen LogP contribution in [0, 0.1) is 5.92 Å². The van der Waals surface area contributed by atoms with Crippen molar-refractivity contribution in [3.05, 3.63) is 12.2 Å². The third-order valence-corrected chi connectivity index (χ3v) is 2.84. The molecular weight excluding hydrogens is 180 g/mol. The average molecular weight is 194 g/mol. The molecule has 0 spiro atoms. The van der Waals surface area contributed by atoms with Gasteiger partial charge in [0.2, 0.25) is 5.78 Å². The number of nitrogens with two attached hydrogens (primary N) is 1. The van der Waals surface area contributed by atoms with Gasteiger partial charge in [0.05, 0.1) is 0 Å². The van der Waals surface area contributed by atoms with Crippen molar-refractivity contribution in [3.63, 3.8) is 0 Å². The zero-order chi connectivity index (χ0) is 10.1. The Morgan fingerprint density at radius 2 is 2.43 bits per heavy atom. The molecule has 1 saturated carbocycles. The molecule has 1 aromatic heterocycles. The third-order valence-electron chi connectivity index (χ3n) is 2.84. The highest BCUT2D eigenvalue weighted by Crippen LogP contribution is 2.26. The molecule has 1 aromatic rings. The van der Waals surface area contributed by atoms with Crippen molar-refractivity contribution in [2.75, 3.05) is 0 Å². The molecule has 5 heteroatoms. The smallest absolute Gasteiger partial charge is 0.204 e. The lowest BCUT2D eigenvalue weighted by molar-refractivity contribution is 0.0898. The van der Waals surface area contributed by atoms with E-state index in [0.717, 1.165) is 19.3 Å². The second-order valence-electron chi connectivity index (χ2n) is 3.77. The largest absolute Gasteiger partial charge is 0.327 e. The Kier molecular flexibility index (Phi) is 2.33. The van der Waals surface area contributed by atoms with Gasteiger partial charge in [0.25, 0.3) is 0 Å². The molecule has 2 rings (SSSR count). The topological polar surface area (TPSA) is 73.8 Å². The number of carbonyl (C=O) groups is 1. The highest BCUT2D eigenvalue weighted by Gasteiger charge is 2.32. The molecule has 0 aliphatic heterocycles. The molecule has 2 atom stereocenters. The van der Waals surface area contributed by atoms with Crippen LogP contribution in [-0.2, 0) is 7.05 Å². The predicted octanol–water partition coefficient (Wildman–Crippen LogP) is 0.125. The van der Waals surface area contributed by atoms with Crippen LogP contribution in [0.5, 0.6) is 0 Å². The van der Waals surface area contributed by atoms with Gasteiger partial charge in [-0.3, -0.25) is 4.79 Å². The van der Waals surface area contributed by atoms with Crippen LogP contribution in [0.1, 0.15) is 29.9 Å². The first-order valence-electron chi connectivity index (χ1n) is 4.84. The molecule has 1 aliphatic carbocycles. The van der Waals surface area contributed by atoms with Crippen molar-refractivity contribution in [3.8, 4) is 0 Å². The van der Waals surface area contributed by atoms with Crippen molar-refractivity contribution in [1.82, 2.24) is 14.8 Å². The average Bonchev–Trinajstić information content (AvgIpc) is 2.73. The van der Waals surface area contributed by atoms with Crippen molar-refractivity contribution in [2.24, 2.45) is 18.7 Å². The number of rotatable bonds is 2. The highest BCUT2D eigenvalue weighted by atomic mass is 16.1. The minimum atomic E-state index is -0.0575. The van der Waals surface area contributed by atoms with Crippen molar-refractivity contribution < 1.29 is 4.79 Å². The third kappa shape index (κ3) is 1.43. The van der Waals surface area contributed by atoms with Gasteiger partial charge in [-0.2, -0.15) is 5.10 Å². The van der Waals surface area contributed by atoms with Crippen LogP contribution in [0.15, 0.2) is 6.33 Å². The van der Waals surface area contributed by atoms with Gasteiger partial charge in [0.15, 0.2) is 5.82 Å². The summed E-state index contributed by atoms with van der Waals surface area (Å²) in [5.41, 5.74) is 5.86. The second kappa shape index (κ2) is 3.49. The zero-order valence-corrected chi connectivity index (χ0v) is 8.18. The summed E-state index contributed by atoms with van der Waals surface area (Å²) in [5.74, 6) is 0.403. The van der Waals surface area contributed by atoms with E-state index in [-0.39, 0.29) is 17.7 Å². The van der Waals surface area contributed by atoms with Gasteiger partial charge < -0.3 is 5.73 Å². The van der Waals surface area contributed by atoms with Crippen molar-refractivity contribution >= 4 is 5.78 Å². The number of ketones is 1. The van der Waals surface area contributed by atoms with Gasteiger partial charge in [-0.15, -0.1) is 0 Å². The first-order valence-corrected chi connectivity index (χ1v) is 4.84. The van der Waals surface area contributed by atoms with Crippen LogP contribution in [0.25, 0.3) is 0 Å². The summed E-state index contributed by atoms with van der Waals surface area (Å²) in [5, 5.41) is 3.88. The van der Waals surface area contributed by atoms with E-state index in [2.05, 4.69) is 10.1 Å². The van der Waals surface area contributed by atoms with E-state index in [9.17, 15) is 4.79 Å². The summed E-state index contributed by atoms with van der Waals surface area (Å²) in [6, 6.07) is -0.000741. The molecule has 0 radical (unpaired) electrons. The molecule has 0 bridgehead atoms. The van der Waals surface area contributed by atoms with Crippen LogP contribution < -0.4 is 5.73 Å². The summed E-state index contributed by atoms with van der Waals surface area (Å²) in [6.45, 7) is 0. The maximum atomic E-state index is 11.9. The van der Waals surface area contributed by atoms with Crippen LogP contribution in [0.3, 0.4) is 0 Å². The molecule has 0 amide bonds. The lowest BCUT2D eigenvalue weighted by Crippen LogP contribution is -2.32. The predicted molar refractivity (Wildman–Crippen MR) is 50.6 cm³/mol. The number of hydrogen-bond acceptors (Lipinski definition) is 4. The van der Waals surface area contributed by atoms with Crippen LogP contribution in [0.4, 0.5) is 0 Å². The molecule has 2 N–H and O–H groups in total. The number of nitrogens with zero attached hydrogens (tertiary/aromatic N) is 3. The molecule has 0 saturated heterocycles. The molecule has 76 valence electrons. The number of hydrogen-bond donors (Lipinski definition) is 1. The SMILES string of the molecule is Cn1ncnc1C(=O)C1CCCC1N. The Morgan fingerprint density at radius 1 is 1.64 bits per heavy atom. The highest BCUT2D eigenvalue weighted by molar-refractivity contribution is 5.95. The monoisotopic (exact) mass is 194 g/mol. The van der Waals surface area contributed by atoms with E-state index in [0.29, 0.717) is 5.82 Å². The zero-order valence-electron chi connectivity index (χ0n) is 8.18. The Hall–Kier alpha value is -1.23. The van der Waals surface area contributed by atoms with E-state index in [1.54, 1.807) is 7.05 Å². The quantitative estimate of drug-likeness (QED) is 0.679. The van der Waals surface area contributed by atoms with Gasteiger partial charge in [-0.1, -0.05) is 6.42 Å². The first-order chi connectivity index (χ1) is 6.70. The summed E-state index contributed by atoms with van der Waals surface area (Å²) in [7, 11) is 1.72. The van der Waals surface area contributed by atoms with Crippen molar-refractivity contribution in [1.29, 1.82) is 0 Å². The van der Waals surface area contributed by atoms with E-state index in [1.165, 1.54) is 11.0 Å². The van der Waals surface area contributed by atoms with Gasteiger partial charge in [-0.05, 0) is 12.8 Å². The molecular formula is C9H14N4O. The molecule has 1 aliphatic rings. The van der Waals surface area contributed by atoms with Crippen LogP contribution in [-0.4, -0.2) is 26.6 Å². The van der Waals surface area contributed by atoms with E-state index >= 15 is 0 Å². The molecule has 1 heterocycles. The fourth-order valence-electron chi connectivity index (χ4n) is 2.00. The standard InChI is InChI=1S/C9H14N4O/c1-13-9(11-5-12-13)8(14)6-3-2-4-7(6)10/h5-7H,2-4,10H2,1H3. The van der Waals surface area contributed by atoms with Gasteiger partial charge in [0.1, 0.15) is 6.33 Å². The normalized spacial score (nSPS) is 26.7. The van der Waals surface area contributed by atoms with Crippen LogP contribution in [0.2, 0.25) is 0 Å². The number of carbonyl (C=O) groups excluding carboxylic acids is 1. The number of aryl methyl sites for hydroxylation is 1. The first kappa shape index (κ1) is 9.33. The molecule has 5 nitrogen and oxygen atoms in total. The van der Waals surface area contributed by atoms with Gasteiger partial charge >= 0.3 is 0 Å². The lowest BCUT2D eigenvalue weighted by Gasteiger charge is -2.12. The Labute approximate surface area is 82.3 Å². The minimum Gasteiger partial charge on any atom is -0.327 e. The Morgan fingerprint density at radius 3 is 2.93 bits per heavy atom. The molecule has 2 unspecified atom stereocenters. The summed E-state index contributed by atoms with van der Waals surface area (Å²) >= 11 is 0.